The summed E-state index contributed by atoms with van der Waals surface area (Å²) in [5, 5.41) is 3.76. The summed E-state index contributed by atoms with van der Waals surface area (Å²) < 4.78 is 5.84. The van der Waals surface area contributed by atoms with Gasteiger partial charge in [0.25, 0.3) is 5.91 Å². The molecule has 1 aromatic heterocycles. The third-order valence-electron chi connectivity index (χ3n) is 5.17. The Morgan fingerprint density at radius 3 is 2.47 bits per heavy atom. The maximum absolute atomic E-state index is 12.7. The van der Waals surface area contributed by atoms with Gasteiger partial charge < -0.3 is 9.73 Å². The first-order valence-corrected chi connectivity index (χ1v) is 10.7. The number of hydrogen-bond donors (Lipinski definition) is 1. The van der Waals surface area contributed by atoms with Crippen LogP contribution in [-0.2, 0) is 0 Å². The molecule has 0 radical (unpaired) electrons. The molecule has 2 aromatic carbocycles. The first-order chi connectivity index (χ1) is 14.4. The van der Waals surface area contributed by atoms with Gasteiger partial charge in [-0.1, -0.05) is 60.5 Å². The number of aryl methyl sites for hydroxylation is 3. The second-order valence-corrected chi connectivity index (χ2v) is 7.99. The van der Waals surface area contributed by atoms with E-state index in [2.05, 4.69) is 25.2 Å². The molecule has 1 N–H and O–H groups in total. The van der Waals surface area contributed by atoms with Gasteiger partial charge >= 0.3 is 0 Å². The second-order valence-electron chi connectivity index (χ2n) is 7.55. The smallest absolute Gasteiger partial charge is 0.254 e. The van der Waals surface area contributed by atoms with Crippen LogP contribution in [0.3, 0.4) is 0 Å². The van der Waals surface area contributed by atoms with E-state index in [0.29, 0.717) is 23.6 Å². The average Bonchev–Trinajstić information content (AvgIpc) is 3.11. The first-order valence-electron chi connectivity index (χ1n) is 10.3. The number of nitrogens with one attached hydrogen (secondary N) is 1. The van der Waals surface area contributed by atoms with Crippen molar-refractivity contribution < 1.29 is 9.21 Å². The molecule has 30 heavy (non-hydrogen) atoms. The van der Waals surface area contributed by atoms with Crippen molar-refractivity contribution in [3.8, 4) is 11.3 Å². The molecule has 3 aromatic rings. The van der Waals surface area contributed by atoms with E-state index in [4.69, 9.17) is 16.0 Å². The lowest BCUT2D eigenvalue weighted by atomic mass is 9.97. The van der Waals surface area contributed by atoms with Gasteiger partial charge in [0.1, 0.15) is 11.5 Å². The summed E-state index contributed by atoms with van der Waals surface area (Å²) in [7, 11) is 0. The van der Waals surface area contributed by atoms with E-state index in [9.17, 15) is 4.79 Å². The number of furan rings is 1. The van der Waals surface area contributed by atoms with Gasteiger partial charge in [-0.2, -0.15) is 0 Å². The standard InChI is InChI=1S/C26H28ClNO2/c1-5-6-20(23-15-22(27)12-9-18(23)3)13-14-28-26(29)24-16-25(30-19(24)4)21-10-7-17(2)8-11-21/h6-12,15-16H,5,13-14H2,1-4H3,(H,28,29)/b20-6-. The summed E-state index contributed by atoms with van der Waals surface area (Å²) in [6, 6.07) is 15.8. The quantitative estimate of drug-likeness (QED) is 0.440. The van der Waals surface area contributed by atoms with E-state index in [-0.39, 0.29) is 5.91 Å². The SMILES string of the molecule is CC/C=C(/CCNC(=O)c1cc(-c2ccc(C)cc2)oc1C)c1cc(Cl)ccc1C. The van der Waals surface area contributed by atoms with E-state index < -0.39 is 0 Å². The fraction of sp³-hybridized carbons (Fsp3) is 0.269. The van der Waals surface area contributed by atoms with Crippen molar-refractivity contribution in [1.82, 2.24) is 5.32 Å². The van der Waals surface area contributed by atoms with Gasteiger partial charge in [-0.3, -0.25) is 4.79 Å². The zero-order chi connectivity index (χ0) is 21.7. The predicted octanol–water partition coefficient (Wildman–Crippen LogP) is 7.14. The van der Waals surface area contributed by atoms with Gasteiger partial charge in [0.05, 0.1) is 5.56 Å². The van der Waals surface area contributed by atoms with E-state index in [1.807, 2.05) is 62.4 Å². The Hall–Kier alpha value is -2.78. The van der Waals surface area contributed by atoms with Crippen LogP contribution in [0.15, 0.2) is 59.0 Å². The number of halogens is 1. The Morgan fingerprint density at radius 2 is 1.77 bits per heavy atom. The van der Waals surface area contributed by atoms with Crippen molar-refractivity contribution in [3.63, 3.8) is 0 Å². The first kappa shape index (κ1) is 21.9. The number of benzene rings is 2. The van der Waals surface area contributed by atoms with E-state index >= 15 is 0 Å². The summed E-state index contributed by atoms with van der Waals surface area (Å²) in [6.45, 7) is 8.60. The van der Waals surface area contributed by atoms with Crippen LogP contribution < -0.4 is 5.32 Å². The van der Waals surface area contributed by atoms with Crippen LogP contribution in [0.4, 0.5) is 0 Å². The molecule has 3 nitrogen and oxygen atoms in total. The lowest BCUT2D eigenvalue weighted by molar-refractivity contribution is 0.0953. The number of rotatable bonds is 7. The van der Waals surface area contributed by atoms with Crippen LogP contribution in [0.2, 0.25) is 5.02 Å². The Labute approximate surface area is 183 Å². The normalized spacial score (nSPS) is 11.6. The molecule has 0 aliphatic carbocycles. The molecule has 0 spiro atoms. The number of allylic oxidation sites excluding steroid dienone is 1. The largest absolute Gasteiger partial charge is 0.461 e. The average molecular weight is 422 g/mol. The minimum absolute atomic E-state index is 0.117. The zero-order valence-electron chi connectivity index (χ0n) is 18.0. The summed E-state index contributed by atoms with van der Waals surface area (Å²) in [5.74, 6) is 1.21. The molecule has 3 rings (SSSR count). The molecule has 1 amide bonds. The molecule has 0 atom stereocenters. The molecule has 0 saturated carbocycles. The maximum atomic E-state index is 12.7. The van der Waals surface area contributed by atoms with Gasteiger partial charge in [-0.25, -0.2) is 0 Å². The van der Waals surface area contributed by atoms with Crippen LogP contribution in [0.25, 0.3) is 16.9 Å². The Bertz CT molecular complexity index is 1060. The van der Waals surface area contributed by atoms with Gasteiger partial charge in [-0.15, -0.1) is 0 Å². The van der Waals surface area contributed by atoms with E-state index in [1.54, 1.807) is 0 Å². The molecule has 1 heterocycles. The molecule has 0 saturated heterocycles. The van der Waals surface area contributed by atoms with E-state index in [1.165, 1.54) is 16.7 Å². The molecule has 0 aliphatic heterocycles. The molecular formula is C26H28ClNO2. The highest BCUT2D eigenvalue weighted by molar-refractivity contribution is 6.30. The topological polar surface area (TPSA) is 42.2 Å². The summed E-state index contributed by atoms with van der Waals surface area (Å²) in [4.78, 5) is 12.7. The fourth-order valence-corrected chi connectivity index (χ4v) is 3.68. The summed E-state index contributed by atoms with van der Waals surface area (Å²) in [5.41, 5.74) is 6.24. The molecular weight excluding hydrogens is 394 g/mol. The highest BCUT2D eigenvalue weighted by atomic mass is 35.5. The molecule has 0 bridgehead atoms. The Kier molecular flexibility index (Phi) is 7.17. The number of amides is 1. The third-order valence-corrected chi connectivity index (χ3v) is 5.41. The van der Waals surface area contributed by atoms with Crippen LogP contribution in [0, 0.1) is 20.8 Å². The molecule has 4 heteroatoms. The lowest BCUT2D eigenvalue weighted by Gasteiger charge is -2.12. The second kappa shape index (κ2) is 9.82. The highest BCUT2D eigenvalue weighted by Crippen LogP contribution is 2.27. The van der Waals surface area contributed by atoms with Crippen molar-refractivity contribution in [3.05, 3.63) is 87.6 Å². The predicted molar refractivity (Wildman–Crippen MR) is 125 cm³/mol. The Balaban J connectivity index is 1.68. The summed E-state index contributed by atoms with van der Waals surface area (Å²) in [6.07, 6.45) is 3.86. The van der Waals surface area contributed by atoms with Crippen LogP contribution in [0.5, 0.6) is 0 Å². The fourth-order valence-electron chi connectivity index (χ4n) is 3.51. The molecule has 0 aliphatic rings. The molecule has 0 fully saturated rings. The highest BCUT2D eigenvalue weighted by Gasteiger charge is 2.16. The van der Waals surface area contributed by atoms with Crippen LogP contribution in [-0.4, -0.2) is 12.5 Å². The summed E-state index contributed by atoms with van der Waals surface area (Å²) >= 11 is 6.20. The number of carbonyl (C=O) groups excluding carboxylic acids is 1. The lowest BCUT2D eigenvalue weighted by Crippen LogP contribution is -2.24. The van der Waals surface area contributed by atoms with Gasteiger partial charge in [-0.05, 0) is 68.5 Å². The van der Waals surface area contributed by atoms with E-state index in [0.717, 1.165) is 29.0 Å². The van der Waals surface area contributed by atoms with Crippen molar-refractivity contribution in [2.45, 2.75) is 40.5 Å². The van der Waals surface area contributed by atoms with Gasteiger partial charge in [0.2, 0.25) is 0 Å². The zero-order valence-corrected chi connectivity index (χ0v) is 18.8. The van der Waals surface area contributed by atoms with Gasteiger partial charge in [0.15, 0.2) is 0 Å². The minimum atomic E-state index is -0.117. The van der Waals surface area contributed by atoms with Crippen molar-refractivity contribution in [2.75, 3.05) is 6.54 Å². The van der Waals surface area contributed by atoms with Crippen molar-refractivity contribution >= 4 is 23.1 Å². The van der Waals surface area contributed by atoms with Crippen molar-refractivity contribution in [1.29, 1.82) is 0 Å². The van der Waals surface area contributed by atoms with Crippen molar-refractivity contribution in [2.24, 2.45) is 0 Å². The van der Waals surface area contributed by atoms with Gasteiger partial charge in [0, 0.05) is 17.1 Å². The Morgan fingerprint density at radius 1 is 1.03 bits per heavy atom. The third kappa shape index (κ3) is 5.22. The molecule has 156 valence electrons. The van der Waals surface area contributed by atoms with Crippen LogP contribution >= 0.6 is 11.6 Å². The number of carbonyl (C=O) groups is 1. The maximum Gasteiger partial charge on any atom is 0.254 e. The van der Waals surface area contributed by atoms with Crippen LogP contribution in [0.1, 0.15) is 52.6 Å². The number of hydrogen-bond acceptors (Lipinski definition) is 2. The minimum Gasteiger partial charge on any atom is -0.461 e. The monoisotopic (exact) mass is 421 g/mol. The molecule has 0 unspecified atom stereocenters.